The van der Waals surface area contributed by atoms with Gasteiger partial charge in [0, 0.05) is 19.3 Å². The molecule has 0 aromatic carbocycles. The highest BCUT2D eigenvalue weighted by atomic mass is 16.4. The van der Waals surface area contributed by atoms with Gasteiger partial charge in [-0.15, -0.1) is 0 Å². The number of aromatic nitrogens is 1. The number of hydrogen-bond donors (Lipinski definition) is 1. The Kier molecular flexibility index (Phi) is 2.35. The zero-order chi connectivity index (χ0) is 9.97. The molecule has 0 atom stereocenters. The molecule has 1 aliphatic heterocycles. The fourth-order valence-corrected chi connectivity index (χ4v) is 1.65. The van der Waals surface area contributed by atoms with E-state index < -0.39 is 5.97 Å². The van der Waals surface area contributed by atoms with Crippen molar-refractivity contribution >= 4 is 11.8 Å². The van der Waals surface area contributed by atoms with Crippen LogP contribution in [-0.2, 0) is 0 Å². The third-order valence-corrected chi connectivity index (χ3v) is 2.42. The number of aromatic carboxylic acids is 1. The van der Waals surface area contributed by atoms with Crippen molar-refractivity contribution in [3.63, 3.8) is 0 Å². The molecule has 1 saturated heterocycles. The monoisotopic (exact) mass is 192 g/mol. The van der Waals surface area contributed by atoms with Gasteiger partial charge in [-0.3, -0.25) is 0 Å². The normalized spacial score (nSPS) is 15.9. The van der Waals surface area contributed by atoms with Crippen LogP contribution in [0.25, 0.3) is 0 Å². The largest absolute Gasteiger partial charge is 0.478 e. The Balaban J connectivity index is 2.16. The predicted octanol–water partition coefficient (Wildman–Crippen LogP) is 1.38. The Morgan fingerprint density at radius 1 is 1.36 bits per heavy atom. The first-order valence-electron chi connectivity index (χ1n) is 4.71. The van der Waals surface area contributed by atoms with Gasteiger partial charge in [0.1, 0.15) is 5.82 Å². The number of carboxylic acid groups (broad SMARTS) is 1. The van der Waals surface area contributed by atoms with Crippen molar-refractivity contribution in [3.05, 3.63) is 23.9 Å². The summed E-state index contributed by atoms with van der Waals surface area (Å²) in [7, 11) is 0. The maximum absolute atomic E-state index is 10.6. The van der Waals surface area contributed by atoms with Gasteiger partial charge in [0.2, 0.25) is 0 Å². The molecule has 0 amide bonds. The number of pyridine rings is 1. The van der Waals surface area contributed by atoms with E-state index in [0.29, 0.717) is 0 Å². The maximum Gasteiger partial charge on any atom is 0.337 e. The van der Waals surface area contributed by atoms with Crippen LogP contribution in [0.1, 0.15) is 23.2 Å². The second-order valence-electron chi connectivity index (χ2n) is 3.40. The van der Waals surface area contributed by atoms with Crippen molar-refractivity contribution in [2.24, 2.45) is 0 Å². The Bertz CT molecular complexity index is 328. The summed E-state index contributed by atoms with van der Waals surface area (Å²) < 4.78 is 0. The molecule has 4 heteroatoms. The fraction of sp³-hybridized carbons (Fsp3) is 0.400. The summed E-state index contributed by atoms with van der Waals surface area (Å²) in [4.78, 5) is 16.9. The van der Waals surface area contributed by atoms with Gasteiger partial charge in [-0.25, -0.2) is 9.78 Å². The summed E-state index contributed by atoms with van der Waals surface area (Å²) in [5, 5.41) is 8.69. The lowest BCUT2D eigenvalue weighted by Gasteiger charge is -2.15. The van der Waals surface area contributed by atoms with Crippen LogP contribution in [0.4, 0.5) is 5.82 Å². The molecular formula is C10H12N2O2. The Morgan fingerprint density at radius 2 is 2.07 bits per heavy atom. The first-order valence-corrected chi connectivity index (χ1v) is 4.71. The lowest BCUT2D eigenvalue weighted by molar-refractivity contribution is 0.0696. The highest BCUT2D eigenvalue weighted by Gasteiger charge is 2.13. The fourth-order valence-electron chi connectivity index (χ4n) is 1.65. The van der Waals surface area contributed by atoms with Crippen molar-refractivity contribution in [3.8, 4) is 0 Å². The summed E-state index contributed by atoms with van der Waals surface area (Å²) in [6.07, 6.45) is 3.81. The van der Waals surface area contributed by atoms with Gasteiger partial charge in [-0.2, -0.15) is 0 Å². The number of anilines is 1. The van der Waals surface area contributed by atoms with E-state index in [-0.39, 0.29) is 5.56 Å². The highest BCUT2D eigenvalue weighted by molar-refractivity contribution is 5.87. The zero-order valence-corrected chi connectivity index (χ0v) is 7.81. The van der Waals surface area contributed by atoms with Gasteiger partial charge >= 0.3 is 5.97 Å². The van der Waals surface area contributed by atoms with Gasteiger partial charge in [-0.1, -0.05) is 0 Å². The summed E-state index contributed by atoms with van der Waals surface area (Å²) in [6.45, 7) is 2.05. The van der Waals surface area contributed by atoms with E-state index >= 15 is 0 Å². The molecule has 2 rings (SSSR count). The van der Waals surface area contributed by atoms with Gasteiger partial charge in [0.05, 0.1) is 5.56 Å². The van der Waals surface area contributed by atoms with E-state index in [4.69, 9.17) is 5.11 Å². The lowest BCUT2D eigenvalue weighted by Crippen LogP contribution is -2.18. The first kappa shape index (κ1) is 8.99. The van der Waals surface area contributed by atoms with E-state index in [0.717, 1.165) is 18.9 Å². The van der Waals surface area contributed by atoms with Crippen LogP contribution in [0, 0.1) is 0 Å². The number of carboxylic acids is 1. The molecule has 2 heterocycles. The van der Waals surface area contributed by atoms with E-state index in [1.165, 1.54) is 19.0 Å². The average molecular weight is 192 g/mol. The van der Waals surface area contributed by atoms with Crippen LogP contribution >= 0.6 is 0 Å². The predicted molar refractivity (Wildman–Crippen MR) is 52.6 cm³/mol. The molecule has 0 saturated carbocycles. The van der Waals surface area contributed by atoms with Crippen molar-refractivity contribution in [1.82, 2.24) is 4.98 Å². The SMILES string of the molecule is O=C(O)c1ccc(N2CCCC2)nc1. The second kappa shape index (κ2) is 3.65. The van der Waals surface area contributed by atoms with E-state index in [2.05, 4.69) is 9.88 Å². The quantitative estimate of drug-likeness (QED) is 0.769. The molecule has 0 radical (unpaired) electrons. The summed E-state index contributed by atoms with van der Waals surface area (Å²) >= 11 is 0. The first-order chi connectivity index (χ1) is 6.77. The van der Waals surface area contributed by atoms with E-state index in [1.807, 2.05) is 0 Å². The third kappa shape index (κ3) is 1.69. The van der Waals surface area contributed by atoms with Crippen LogP contribution in [-0.4, -0.2) is 29.1 Å². The molecule has 1 aromatic heterocycles. The zero-order valence-electron chi connectivity index (χ0n) is 7.81. The number of carbonyl (C=O) groups is 1. The molecule has 1 N–H and O–H groups in total. The molecule has 1 fully saturated rings. The van der Waals surface area contributed by atoms with E-state index in [9.17, 15) is 4.79 Å². The Labute approximate surface area is 82.2 Å². The molecular weight excluding hydrogens is 180 g/mol. The van der Waals surface area contributed by atoms with Crippen molar-refractivity contribution in [1.29, 1.82) is 0 Å². The van der Waals surface area contributed by atoms with Crippen molar-refractivity contribution < 1.29 is 9.90 Å². The highest BCUT2D eigenvalue weighted by Crippen LogP contribution is 2.17. The van der Waals surface area contributed by atoms with E-state index in [1.54, 1.807) is 12.1 Å². The second-order valence-corrected chi connectivity index (χ2v) is 3.40. The van der Waals surface area contributed by atoms with Crippen LogP contribution in [0.3, 0.4) is 0 Å². The minimum absolute atomic E-state index is 0.243. The smallest absolute Gasteiger partial charge is 0.337 e. The van der Waals surface area contributed by atoms with Crippen LogP contribution < -0.4 is 4.90 Å². The van der Waals surface area contributed by atoms with Gasteiger partial charge < -0.3 is 10.0 Å². The molecule has 1 aliphatic rings. The summed E-state index contributed by atoms with van der Waals surface area (Å²) in [5.41, 5.74) is 0.243. The molecule has 0 aliphatic carbocycles. The van der Waals surface area contributed by atoms with Gasteiger partial charge in [0.25, 0.3) is 0 Å². The number of hydrogen-bond acceptors (Lipinski definition) is 3. The topological polar surface area (TPSA) is 53.4 Å². The molecule has 1 aromatic rings. The van der Waals surface area contributed by atoms with Crippen LogP contribution in [0.2, 0.25) is 0 Å². The average Bonchev–Trinajstić information content (AvgIpc) is 2.71. The maximum atomic E-state index is 10.6. The molecule has 74 valence electrons. The number of nitrogens with zero attached hydrogens (tertiary/aromatic N) is 2. The van der Waals surface area contributed by atoms with Gasteiger partial charge in [0.15, 0.2) is 0 Å². The van der Waals surface area contributed by atoms with Crippen LogP contribution in [0.5, 0.6) is 0 Å². The molecule has 0 bridgehead atoms. The molecule has 14 heavy (non-hydrogen) atoms. The summed E-state index contributed by atoms with van der Waals surface area (Å²) in [5.74, 6) is -0.0435. The summed E-state index contributed by atoms with van der Waals surface area (Å²) in [6, 6.07) is 3.37. The Hall–Kier alpha value is -1.58. The van der Waals surface area contributed by atoms with Crippen molar-refractivity contribution in [2.45, 2.75) is 12.8 Å². The number of rotatable bonds is 2. The van der Waals surface area contributed by atoms with Gasteiger partial charge in [-0.05, 0) is 25.0 Å². The third-order valence-electron chi connectivity index (χ3n) is 2.42. The molecule has 0 unspecified atom stereocenters. The minimum atomic E-state index is -0.925. The van der Waals surface area contributed by atoms with Crippen molar-refractivity contribution in [2.75, 3.05) is 18.0 Å². The molecule has 4 nitrogen and oxygen atoms in total. The van der Waals surface area contributed by atoms with Crippen LogP contribution in [0.15, 0.2) is 18.3 Å². The minimum Gasteiger partial charge on any atom is -0.478 e. The standard InChI is InChI=1S/C10H12N2O2/c13-10(14)8-3-4-9(11-7-8)12-5-1-2-6-12/h3-4,7H,1-2,5-6H2,(H,13,14). The Morgan fingerprint density at radius 3 is 2.57 bits per heavy atom. The molecule has 0 spiro atoms. The lowest BCUT2D eigenvalue weighted by atomic mass is 10.3.